The van der Waals surface area contributed by atoms with Crippen molar-refractivity contribution in [3.8, 4) is 0 Å². The van der Waals surface area contributed by atoms with Crippen molar-refractivity contribution in [1.29, 1.82) is 0 Å². The number of hydrogen-bond acceptors (Lipinski definition) is 4. The molecular weight excluding hydrogens is 220 g/mol. The summed E-state index contributed by atoms with van der Waals surface area (Å²) in [6.07, 6.45) is 2.08. The van der Waals surface area contributed by atoms with Crippen LogP contribution in [-0.2, 0) is 9.59 Å². The van der Waals surface area contributed by atoms with Crippen molar-refractivity contribution in [2.24, 2.45) is 0 Å². The Morgan fingerprint density at radius 3 is 2.18 bits per heavy atom. The lowest BCUT2D eigenvalue weighted by Crippen LogP contribution is -2.26. The third kappa shape index (κ3) is 3.95. The molecule has 0 bridgehead atoms. The van der Waals surface area contributed by atoms with E-state index in [4.69, 9.17) is 0 Å². The lowest BCUT2D eigenvalue weighted by atomic mass is 10.0. The van der Waals surface area contributed by atoms with Crippen LogP contribution in [0.5, 0.6) is 0 Å². The Kier molecular flexibility index (Phi) is 4.22. The fourth-order valence-electron chi connectivity index (χ4n) is 1.30. The van der Waals surface area contributed by atoms with Gasteiger partial charge < -0.3 is 19.8 Å². The summed E-state index contributed by atoms with van der Waals surface area (Å²) in [5.74, 6) is -2.87. The van der Waals surface area contributed by atoms with Crippen molar-refractivity contribution in [3.05, 3.63) is 53.1 Å². The van der Waals surface area contributed by atoms with Gasteiger partial charge in [0.15, 0.2) is 0 Å². The molecule has 0 saturated heterocycles. The number of carbonyl (C=O) groups is 2. The van der Waals surface area contributed by atoms with E-state index in [1.165, 1.54) is 13.0 Å². The molecule has 0 atom stereocenters. The van der Waals surface area contributed by atoms with Gasteiger partial charge >= 0.3 is 0 Å². The second kappa shape index (κ2) is 5.65. The summed E-state index contributed by atoms with van der Waals surface area (Å²) in [6.45, 7) is 1.38. The summed E-state index contributed by atoms with van der Waals surface area (Å²) in [4.78, 5) is 21.3. The fraction of sp³-hybridized carbons (Fsp3) is 0.0769. The van der Waals surface area contributed by atoms with Gasteiger partial charge in [0, 0.05) is 5.57 Å². The zero-order chi connectivity index (χ0) is 12.8. The van der Waals surface area contributed by atoms with Gasteiger partial charge in [-0.25, -0.2) is 0 Å². The standard InChI is InChI=1S/C13H12O4/c1-9(7-12(14)15)11(13(16)17)8-10-5-3-2-4-6-10/h2-8H,1H3,(H,14,15)(H,16,17)/p-2/b9-7+,11-8-. The molecule has 1 rings (SSSR count). The molecule has 0 aromatic heterocycles. The van der Waals surface area contributed by atoms with Gasteiger partial charge in [-0.05, 0) is 30.2 Å². The van der Waals surface area contributed by atoms with E-state index in [1.54, 1.807) is 30.3 Å². The third-order valence-electron chi connectivity index (χ3n) is 2.09. The molecule has 17 heavy (non-hydrogen) atoms. The maximum absolute atomic E-state index is 10.9. The highest BCUT2D eigenvalue weighted by molar-refractivity contribution is 5.97. The zero-order valence-electron chi connectivity index (χ0n) is 9.17. The first-order valence-electron chi connectivity index (χ1n) is 4.88. The Morgan fingerprint density at radius 2 is 1.71 bits per heavy atom. The average molecular weight is 230 g/mol. The van der Waals surface area contributed by atoms with Crippen molar-refractivity contribution < 1.29 is 19.8 Å². The molecule has 4 heteroatoms. The largest absolute Gasteiger partial charge is 0.545 e. The Hall–Kier alpha value is -2.36. The normalized spacial score (nSPS) is 12.3. The predicted octanol–water partition coefficient (Wildman–Crippen LogP) is -0.484. The molecule has 0 aliphatic carbocycles. The Labute approximate surface area is 98.5 Å². The van der Waals surface area contributed by atoms with Gasteiger partial charge in [-0.1, -0.05) is 30.3 Å². The van der Waals surface area contributed by atoms with Crippen LogP contribution in [0.4, 0.5) is 0 Å². The molecule has 0 N–H and O–H groups in total. The van der Waals surface area contributed by atoms with Crippen LogP contribution in [0.3, 0.4) is 0 Å². The van der Waals surface area contributed by atoms with E-state index in [1.807, 2.05) is 0 Å². The summed E-state index contributed by atoms with van der Waals surface area (Å²) in [5, 5.41) is 21.3. The van der Waals surface area contributed by atoms with E-state index < -0.39 is 11.9 Å². The number of carboxylic acids is 2. The number of benzene rings is 1. The molecule has 0 unspecified atom stereocenters. The molecule has 0 saturated carbocycles. The average Bonchev–Trinajstić information content (AvgIpc) is 2.25. The summed E-state index contributed by atoms with van der Waals surface area (Å²) >= 11 is 0. The quantitative estimate of drug-likeness (QED) is 0.516. The second-order valence-electron chi connectivity index (χ2n) is 3.40. The second-order valence-corrected chi connectivity index (χ2v) is 3.40. The Morgan fingerprint density at radius 1 is 1.12 bits per heavy atom. The predicted molar refractivity (Wildman–Crippen MR) is 58.2 cm³/mol. The summed E-state index contributed by atoms with van der Waals surface area (Å²) < 4.78 is 0. The monoisotopic (exact) mass is 230 g/mol. The molecule has 0 amide bonds. The number of carbonyl (C=O) groups excluding carboxylic acids is 2. The van der Waals surface area contributed by atoms with Crippen LogP contribution in [0.25, 0.3) is 6.08 Å². The molecule has 1 aromatic carbocycles. The summed E-state index contributed by atoms with van der Waals surface area (Å²) in [6, 6.07) is 8.69. The topological polar surface area (TPSA) is 80.3 Å². The SMILES string of the molecule is CC(=C\C(=O)[O-])/C(=C/c1ccccc1)C(=O)[O-]. The highest BCUT2D eigenvalue weighted by Crippen LogP contribution is 2.13. The van der Waals surface area contributed by atoms with Crippen molar-refractivity contribution in [1.82, 2.24) is 0 Å². The first kappa shape index (κ1) is 12.7. The molecule has 0 radical (unpaired) electrons. The molecule has 0 aliphatic heterocycles. The Balaban J connectivity index is 3.15. The van der Waals surface area contributed by atoms with E-state index in [0.29, 0.717) is 5.56 Å². The molecule has 88 valence electrons. The van der Waals surface area contributed by atoms with Crippen LogP contribution in [0.15, 0.2) is 47.6 Å². The number of carboxylic acid groups (broad SMARTS) is 2. The first-order chi connectivity index (χ1) is 8.00. The Bertz CT molecular complexity index is 483. The molecule has 0 aliphatic rings. The lowest BCUT2D eigenvalue weighted by molar-refractivity contribution is -0.298. The number of aliphatic carboxylic acids is 2. The molecule has 4 nitrogen and oxygen atoms in total. The maximum atomic E-state index is 10.9. The first-order valence-corrected chi connectivity index (χ1v) is 4.88. The zero-order valence-corrected chi connectivity index (χ0v) is 9.17. The van der Waals surface area contributed by atoms with Crippen LogP contribution in [0, 0.1) is 0 Å². The van der Waals surface area contributed by atoms with Gasteiger partial charge in [0.25, 0.3) is 0 Å². The van der Waals surface area contributed by atoms with Gasteiger partial charge in [0.2, 0.25) is 0 Å². The minimum Gasteiger partial charge on any atom is -0.545 e. The number of rotatable bonds is 4. The molecule has 0 spiro atoms. The lowest BCUT2D eigenvalue weighted by Gasteiger charge is -2.10. The van der Waals surface area contributed by atoms with Gasteiger partial charge in [0.1, 0.15) is 0 Å². The smallest absolute Gasteiger partial charge is 0.0718 e. The van der Waals surface area contributed by atoms with Crippen LogP contribution in [0.2, 0.25) is 0 Å². The maximum Gasteiger partial charge on any atom is 0.0718 e. The highest BCUT2D eigenvalue weighted by atomic mass is 16.4. The van der Waals surface area contributed by atoms with Crippen molar-refractivity contribution in [3.63, 3.8) is 0 Å². The van der Waals surface area contributed by atoms with Crippen LogP contribution < -0.4 is 10.2 Å². The van der Waals surface area contributed by atoms with E-state index in [2.05, 4.69) is 0 Å². The third-order valence-corrected chi connectivity index (χ3v) is 2.09. The van der Waals surface area contributed by atoms with Gasteiger partial charge in [0.05, 0.1) is 11.9 Å². The van der Waals surface area contributed by atoms with Crippen molar-refractivity contribution >= 4 is 18.0 Å². The van der Waals surface area contributed by atoms with Gasteiger partial charge in [-0.2, -0.15) is 0 Å². The molecular formula is C13H10O4-2. The van der Waals surface area contributed by atoms with Crippen LogP contribution in [-0.4, -0.2) is 11.9 Å². The van der Waals surface area contributed by atoms with Crippen molar-refractivity contribution in [2.75, 3.05) is 0 Å². The van der Waals surface area contributed by atoms with Gasteiger partial charge in [-0.15, -0.1) is 0 Å². The van der Waals surface area contributed by atoms with Crippen LogP contribution in [0.1, 0.15) is 12.5 Å². The van der Waals surface area contributed by atoms with E-state index in [-0.39, 0.29) is 11.1 Å². The van der Waals surface area contributed by atoms with E-state index in [9.17, 15) is 19.8 Å². The van der Waals surface area contributed by atoms with E-state index >= 15 is 0 Å². The van der Waals surface area contributed by atoms with Crippen LogP contribution >= 0.6 is 0 Å². The molecule has 1 aromatic rings. The number of hydrogen-bond donors (Lipinski definition) is 0. The minimum absolute atomic E-state index is 0.0776. The van der Waals surface area contributed by atoms with Crippen molar-refractivity contribution in [2.45, 2.75) is 6.92 Å². The molecule has 0 fully saturated rings. The molecule has 0 heterocycles. The summed E-state index contributed by atoms with van der Waals surface area (Å²) in [5.41, 5.74) is 0.548. The van der Waals surface area contributed by atoms with Gasteiger partial charge in [-0.3, -0.25) is 0 Å². The highest BCUT2D eigenvalue weighted by Gasteiger charge is 2.01. The summed E-state index contributed by atoms with van der Waals surface area (Å²) in [7, 11) is 0. The van der Waals surface area contributed by atoms with E-state index in [0.717, 1.165) is 6.08 Å². The fourth-order valence-corrected chi connectivity index (χ4v) is 1.30. The minimum atomic E-state index is -1.44.